The highest BCUT2D eigenvalue weighted by Crippen LogP contribution is 2.21. The summed E-state index contributed by atoms with van der Waals surface area (Å²) in [6.45, 7) is 11.4. The molecule has 0 radical (unpaired) electrons. The molecule has 0 bridgehead atoms. The van der Waals surface area contributed by atoms with Crippen LogP contribution in [-0.4, -0.2) is 30.4 Å². The Morgan fingerprint density at radius 3 is 2.00 bits per heavy atom. The van der Waals surface area contributed by atoms with E-state index in [0.717, 1.165) is 58.2 Å². The van der Waals surface area contributed by atoms with Gasteiger partial charge in [-0.25, -0.2) is 0 Å². The highest BCUT2D eigenvalue weighted by atomic mass is 16.2. The number of amides is 1. The molecule has 0 aromatic carbocycles. The lowest BCUT2D eigenvalue weighted by molar-refractivity contribution is -0.131. The molecule has 0 aromatic rings. The first kappa shape index (κ1) is 19.4. The first-order chi connectivity index (χ1) is 9.56. The molecule has 0 saturated carbocycles. The monoisotopic (exact) mass is 284 g/mol. The summed E-state index contributed by atoms with van der Waals surface area (Å²) < 4.78 is 0. The van der Waals surface area contributed by atoms with E-state index in [1.165, 1.54) is 0 Å². The predicted octanol–water partition coefficient (Wildman–Crippen LogP) is 3.82. The molecule has 0 rings (SSSR count). The van der Waals surface area contributed by atoms with Crippen molar-refractivity contribution in [1.29, 1.82) is 0 Å². The highest BCUT2D eigenvalue weighted by Gasteiger charge is 2.17. The molecule has 3 nitrogen and oxygen atoms in total. The molecule has 0 fully saturated rings. The van der Waals surface area contributed by atoms with Crippen molar-refractivity contribution in [3.63, 3.8) is 0 Å². The van der Waals surface area contributed by atoms with Gasteiger partial charge in [0, 0.05) is 19.5 Å². The summed E-state index contributed by atoms with van der Waals surface area (Å²) >= 11 is 0. The van der Waals surface area contributed by atoms with Gasteiger partial charge in [-0.15, -0.1) is 0 Å². The van der Waals surface area contributed by atoms with Crippen molar-refractivity contribution in [3.8, 4) is 0 Å². The third kappa shape index (κ3) is 8.57. The minimum atomic E-state index is 0.342. The van der Waals surface area contributed by atoms with Gasteiger partial charge in [0.1, 0.15) is 0 Å². The largest absolute Gasteiger partial charge is 0.343 e. The Hall–Kier alpha value is -0.570. The van der Waals surface area contributed by atoms with E-state index in [1.807, 2.05) is 0 Å². The molecule has 0 aliphatic heterocycles. The van der Waals surface area contributed by atoms with Crippen molar-refractivity contribution in [1.82, 2.24) is 4.90 Å². The van der Waals surface area contributed by atoms with Crippen LogP contribution in [0.2, 0.25) is 0 Å². The molecule has 0 aromatic heterocycles. The van der Waals surface area contributed by atoms with Crippen molar-refractivity contribution < 1.29 is 4.79 Å². The lowest BCUT2D eigenvalue weighted by Gasteiger charge is -2.25. The van der Waals surface area contributed by atoms with Gasteiger partial charge in [0.05, 0.1) is 0 Å². The molecule has 0 aliphatic carbocycles. The van der Waals surface area contributed by atoms with Gasteiger partial charge in [-0.3, -0.25) is 4.79 Å². The van der Waals surface area contributed by atoms with E-state index < -0.39 is 0 Å². The zero-order chi connectivity index (χ0) is 15.4. The Bertz CT molecular complexity index is 233. The summed E-state index contributed by atoms with van der Waals surface area (Å²) in [4.78, 5) is 14.5. The molecule has 0 heterocycles. The quantitative estimate of drug-likeness (QED) is 0.592. The Labute approximate surface area is 126 Å². The molecule has 1 atom stereocenters. The molecule has 3 heteroatoms. The summed E-state index contributed by atoms with van der Waals surface area (Å²) in [5, 5.41) is 0. The predicted molar refractivity (Wildman–Crippen MR) is 87.6 cm³/mol. The van der Waals surface area contributed by atoms with Gasteiger partial charge < -0.3 is 10.6 Å². The summed E-state index contributed by atoms with van der Waals surface area (Å²) in [5.74, 6) is 1.55. The van der Waals surface area contributed by atoms with Crippen LogP contribution in [0.15, 0.2) is 0 Å². The number of hydrogen-bond acceptors (Lipinski definition) is 2. The van der Waals surface area contributed by atoms with Crippen molar-refractivity contribution >= 4 is 5.91 Å². The van der Waals surface area contributed by atoms with Gasteiger partial charge in [-0.2, -0.15) is 0 Å². The zero-order valence-corrected chi connectivity index (χ0v) is 14.2. The van der Waals surface area contributed by atoms with Crippen LogP contribution in [0.4, 0.5) is 0 Å². The van der Waals surface area contributed by atoms with E-state index in [2.05, 4.69) is 32.6 Å². The van der Waals surface area contributed by atoms with Crippen LogP contribution in [0.5, 0.6) is 0 Å². The number of rotatable bonds is 12. The Morgan fingerprint density at radius 1 is 1.05 bits per heavy atom. The lowest BCUT2D eigenvalue weighted by atomic mass is 9.88. The second-order valence-corrected chi connectivity index (χ2v) is 6.21. The average Bonchev–Trinajstić information content (AvgIpc) is 2.43. The normalized spacial score (nSPS) is 12.7. The fourth-order valence-corrected chi connectivity index (χ4v) is 2.55. The highest BCUT2D eigenvalue weighted by molar-refractivity contribution is 5.76. The third-order valence-electron chi connectivity index (χ3n) is 4.13. The number of carbonyl (C=O) groups excluding carboxylic acids is 1. The van der Waals surface area contributed by atoms with Gasteiger partial charge >= 0.3 is 0 Å². The first-order valence-corrected chi connectivity index (χ1v) is 8.54. The minimum absolute atomic E-state index is 0.342. The third-order valence-corrected chi connectivity index (χ3v) is 4.13. The van der Waals surface area contributed by atoms with Crippen LogP contribution in [0.1, 0.15) is 72.6 Å². The lowest BCUT2D eigenvalue weighted by Crippen LogP contribution is -2.33. The molecule has 0 aliphatic rings. The standard InChI is InChI=1S/C17H36N2O/c1-5-7-13-19(14-8-6-2)17(20)10-9-16(11-12-18)15(3)4/h15-16H,5-14,18H2,1-4H3. The van der Waals surface area contributed by atoms with Crippen LogP contribution < -0.4 is 5.73 Å². The molecule has 120 valence electrons. The topological polar surface area (TPSA) is 46.3 Å². The smallest absolute Gasteiger partial charge is 0.222 e. The van der Waals surface area contributed by atoms with E-state index >= 15 is 0 Å². The maximum absolute atomic E-state index is 12.4. The van der Waals surface area contributed by atoms with E-state index in [1.54, 1.807) is 0 Å². The Morgan fingerprint density at radius 2 is 1.60 bits per heavy atom. The second kappa shape index (κ2) is 12.2. The number of unbranched alkanes of at least 4 members (excludes halogenated alkanes) is 2. The number of nitrogens with zero attached hydrogens (tertiary/aromatic N) is 1. The van der Waals surface area contributed by atoms with Crippen LogP contribution in [0.3, 0.4) is 0 Å². The van der Waals surface area contributed by atoms with Gasteiger partial charge in [-0.1, -0.05) is 40.5 Å². The molecule has 1 unspecified atom stereocenters. The van der Waals surface area contributed by atoms with Crippen LogP contribution in [0, 0.1) is 11.8 Å². The number of carbonyl (C=O) groups is 1. The van der Waals surface area contributed by atoms with Crippen molar-refractivity contribution in [2.45, 2.75) is 72.6 Å². The van der Waals surface area contributed by atoms with Crippen molar-refractivity contribution in [2.24, 2.45) is 17.6 Å². The number of hydrogen-bond donors (Lipinski definition) is 1. The van der Waals surface area contributed by atoms with Crippen LogP contribution in [0.25, 0.3) is 0 Å². The molecule has 2 N–H and O–H groups in total. The Balaban J connectivity index is 4.27. The fraction of sp³-hybridized carbons (Fsp3) is 0.941. The summed E-state index contributed by atoms with van der Waals surface area (Å²) in [7, 11) is 0. The molecule has 1 amide bonds. The van der Waals surface area contributed by atoms with Gasteiger partial charge in [0.15, 0.2) is 0 Å². The zero-order valence-electron chi connectivity index (χ0n) is 14.2. The maximum atomic E-state index is 12.4. The van der Waals surface area contributed by atoms with Crippen LogP contribution >= 0.6 is 0 Å². The van der Waals surface area contributed by atoms with Gasteiger partial charge in [0.2, 0.25) is 5.91 Å². The molecular formula is C17H36N2O. The van der Waals surface area contributed by atoms with Crippen molar-refractivity contribution in [3.05, 3.63) is 0 Å². The second-order valence-electron chi connectivity index (χ2n) is 6.21. The first-order valence-electron chi connectivity index (χ1n) is 8.54. The van der Waals surface area contributed by atoms with Crippen molar-refractivity contribution in [2.75, 3.05) is 19.6 Å². The van der Waals surface area contributed by atoms with Gasteiger partial charge in [0.25, 0.3) is 0 Å². The maximum Gasteiger partial charge on any atom is 0.222 e. The molecule has 0 spiro atoms. The SMILES string of the molecule is CCCCN(CCCC)C(=O)CCC(CCN)C(C)C. The van der Waals surface area contributed by atoms with Crippen LogP contribution in [-0.2, 0) is 4.79 Å². The number of nitrogens with two attached hydrogens (primary N) is 1. The summed E-state index contributed by atoms with van der Waals surface area (Å²) in [5.41, 5.74) is 5.67. The van der Waals surface area contributed by atoms with E-state index in [0.29, 0.717) is 24.2 Å². The van der Waals surface area contributed by atoms with E-state index in [-0.39, 0.29) is 0 Å². The molecular weight excluding hydrogens is 248 g/mol. The average molecular weight is 284 g/mol. The summed E-state index contributed by atoms with van der Waals surface area (Å²) in [6.07, 6.45) is 7.25. The van der Waals surface area contributed by atoms with E-state index in [9.17, 15) is 4.79 Å². The Kier molecular flexibility index (Phi) is 11.8. The summed E-state index contributed by atoms with van der Waals surface area (Å²) in [6, 6.07) is 0. The van der Waals surface area contributed by atoms with E-state index in [4.69, 9.17) is 5.73 Å². The van der Waals surface area contributed by atoms with Gasteiger partial charge in [-0.05, 0) is 44.1 Å². The fourth-order valence-electron chi connectivity index (χ4n) is 2.55. The molecule has 0 saturated heterocycles. The minimum Gasteiger partial charge on any atom is -0.343 e. The molecule has 20 heavy (non-hydrogen) atoms.